The summed E-state index contributed by atoms with van der Waals surface area (Å²) in [5.41, 5.74) is 1.30. The number of benzene rings is 1. The number of sulfonamides is 1. The van der Waals surface area contributed by atoms with E-state index in [1.807, 2.05) is 0 Å². The summed E-state index contributed by atoms with van der Waals surface area (Å²) in [7, 11) is -3.50. The van der Waals surface area contributed by atoms with Crippen LogP contribution in [0.5, 0.6) is 0 Å². The summed E-state index contributed by atoms with van der Waals surface area (Å²) >= 11 is 0. The molecule has 7 nitrogen and oxygen atoms in total. The van der Waals surface area contributed by atoms with Crippen molar-refractivity contribution in [1.29, 1.82) is 0 Å². The molecule has 2 aromatic rings. The van der Waals surface area contributed by atoms with E-state index in [1.54, 1.807) is 29.1 Å². The van der Waals surface area contributed by atoms with Crippen LogP contribution >= 0.6 is 0 Å². The van der Waals surface area contributed by atoms with Crippen LogP contribution in [0.2, 0.25) is 0 Å². The lowest BCUT2D eigenvalue weighted by Crippen LogP contribution is -2.37. The number of carbonyl (C=O) groups is 1. The Kier molecular flexibility index (Phi) is 4.60. The van der Waals surface area contributed by atoms with E-state index in [9.17, 15) is 13.2 Å². The fourth-order valence-electron chi connectivity index (χ4n) is 2.97. The Morgan fingerprint density at radius 2 is 2.04 bits per heavy atom. The van der Waals surface area contributed by atoms with Gasteiger partial charge in [0.05, 0.1) is 28.7 Å². The van der Waals surface area contributed by atoms with Crippen LogP contribution in [-0.2, 0) is 21.4 Å². The van der Waals surface area contributed by atoms with Crippen LogP contribution in [0.1, 0.15) is 26.2 Å². The Morgan fingerprint density at radius 3 is 2.71 bits per heavy atom. The zero-order chi connectivity index (χ0) is 17.3. The molecule has 1 aliphatic rings. The van der Waals surface area contributed by atoms with Gasteiger partial charge in [0, 0.05) is 19.6 Å². The highest BCUT2D eigenvalue weighted by atomic mass is 32.2. The molecular weight excluding hydrogens is 330 g/mol. The number of aliphatic carboxylic acids is 1. The van der Waals surface area contributed by atoms with E-state index in [-0.39, 0.29) is 11.3 Å². The molecule has 0 aliphatic carbocycles. The molecule has 24 heavy (non-hydrogen) atoms. The zero-order valence-corrected chi connectivity index (χ0v) is 14.4. The van der Waals surface area contributed by atoms with Gasteiger partial charge in [-0.25, -0.2) is 13.4 Å². The Balaban J connectivity index is 1.86. The fraction of sp³-hybridized carbons (Fsp3) is 0.500. The summed E-state index contributed by atoms with van der Waals surface area (Å²) in [4.78, 5) is 15.2. The Bertz CT molecular complexity index is 851. The average molecular weight is 351 g/mol. The quantitative estimate of drug-likeness (QED) is 0.888. The SMILES string of the molecule is CC1CCN(S(=O)(=O)c2ccc3c(c2)ncn3CCC(=O)O)CC1. The lowest BCUT2D eigenvalue weighted by Gasteiger charge is -2.29. The standard InChI is InChI=1S/C16H21N3O4S/c1-12-4-8-19(9-5-12)24(22,23)13-2-3-15-14(10-13)17-11-18(15)7-6-16(20)21/h2-3,10-12H,4-9H2,1H3,(H,20,21). The second-order valence-corrected chi connectivity index (χ2v) is 8.26. The zero-order valence-electron chi connectivity index (χ0n) is 13.6. The molecule has 0 spiro atoms. The number of aryl methyl sites for hydroxylation is 1. The largest absolute Gasteiger partial charge is 0.481 e. The van der Waals surface area contributed by atoms with Gasteiger partial charge in [0.25, 0.3) is 0 Å². The highest BCUT2D eigenvalue weighted by Gasteiger charge is 2.28. The summed E-state index contributed by atoms with van der Waals surface area (Å²) in [6.07, 6.45) is 3.31. The molecule has 1 fully saturated rings. The number of piperidine rings is 1. The molecule has 8 heteroatoms. The first-order valence-corrected chi connectivity index (χ1v) is 9.49. The maximum Gasteiger partial charge on any atom is 0.305 e. The molecule has 2 heterocycles. The van der Waals surface area contributed by atoms with Crippen molar-refractivity contribution in [1.82, 2.24) is 13.9 Å². The van der Waals surface area contributed by atoms with Gasteiger partial charge in [-0.1, -0.05) is 6.92 Å². The Morgan fingerprint density at radius 1 is 1.33 bits per heavy atom. The summed E-state index contributed by atoms with van der Waals surface area (Å²) in [5.74, 6) is -0.320. The van der Waals surface area contributed by atoms with Crippen molar-refractivity contribution < 1.29 is 18.3 Å². The van der Waals surface area contributed by atoms with E-state index >= 15 is 0 Å². The van der Waals surface area contributed by atoms with Crippen LogP contribution in [0.4, 0.5) is 0 Å². The molecule has 0 atom stereocenters. The van der Waals surface area contributed by atoms with Gasteiger partial charge in [-0.2, -0.15) is 4.31 Å². The lowest BCUT2D eigenvalue weighted by molar-refractivity contribution is -0.137. The monoisotopic (exact) mass is 351 g/mol. The van der Waals surface area contributed by atoms with E-state index in [0.29, 0.717) is 31.1 Å². The molecule has 0 unspecified atom stereocenters. The fourth-order valence-corrected chi connectivity index (χ4v) is 4.46. The van der Waals surface area contributed by atoms with Gasteiger partial charge in [0.2, 0.25) is 10.0 Å². The van der Waals surface area contributed by atoms with Crippen LogP contribution in [0.15, 0.2) is 29.4 Å². The minimum absolute atomic E-state index is 0.00251. The number of hydrogen-bond donors (Lipinski definition) is 1. The van der Waals surface area contributed by atoms with Crippen LogP contribution in [0.3, 0.4) is 0 Å². The number of rotatable bonds is 5. The van der Waals surface area contributed by atoms with Gasteiger partial charge in [-0.3, -0.25) is 4.79 Å². The topological polar surface area (TPSA) is 92.5 Å². The predicted molar refractivity (Wildman–Crippen MR) is 89.1 cm³/mol. The Hall–Kier alpha value is -1.93. The normalized spacial score (nSPS) is 17.4. The highest BCUT2D eigenvalue weighted by Crippen LogP contribution is 2.25. The van der Waals surface area contributed by atoms with Crippen LogP contribution < -0.4 is 0 Å². The first-order valence-electron chi connectivity index (χ1n) is 8.05. The first-order chi connectivity index (χ1) is 11.4. The molecule has 3 rings (SSSR count). The van der Waals surface area contributed by atoms with E-state index < -0.39 is 16.0 Å². The molecule has 0 saturated carbocycles. The second kappa shape index (κ2) is 6.52. The van der Waals surface area contributed by atoms with Crippen LogP contribution in [0, 0.1) is 5.92 Å². The maximum absolute atomic E-state index is 12.8. The van der Waals surface area contributed by atoms with E-state index in [0.717, 1.165) is 18.4 Å². The van der Waals surface area contributed by atoms with Crippen molar-refractivity contribution in [2.75, 3.05) is 13.1 Å². The van der Waals surface area contributed by atoms with Crippen molar-refractivity contribution in [3.8, 4) is 0 Å². The van der Waals surface area contributed by atoms with E-state index in [2.05, 4.69) is 11.9 Å². The number of fused-ring (bicyclic) bond motifs is 1. The van der Waals surface area contributed by atoms with Gasteiger partial charge < -0.3 is 9.67 Å². The van der Waals surface area contributed by atoms with Crippen LogP contribution in [-0.4, -0.2) is 46.4 Å². The van der Waals surface area contributed by atoms with Crippen molar-refractivity contribution >= 4 is 27.0 Å². The number of nitrogens with zero attached hydrogens (tertiary/aromatic N) is 3. The highest BCUT2D eigenvalue weighted by molar-refractivity contribution is 7.89. The first kappa shape index (κ1) is 16.9. The molecule has 1 aliphatic heterocycles. The average Bonchev–Trinajstić information content (AvgIpc) is 2.95. The minimum atomic E-state index is -3.50. The number of carboxylic acid groups (broad SMARTS) is 1. The summed E-state index contributed by atoms with van der Waals surface area (Å²) in [5, 5.41) is 8.78. The third kappa shape index (κ3) is 3.29. The maximum atomic E-state index is 12.8. The number of hydrogen-bond acceptors (Lipinski definition) is 4. The number of aromatic nitrogens is 2. The third-order valence-electron chi connectivity index (χ3n) is 4.54. The van der Waals surface area contributed by atoms with Gasteiger partial charge in [0.15, 0.2) is 0 Å². The molecule has 130 valence electrons. The smallest absolute Gasteiger partial charge is 0.305 e. The van der Waals surface area contributed by atoms with Crippen molar-refractivity contribution in [3.05, 3.63) is 24.5 Å². The van der Waals surface area contributed by atoms with Crippen molar-refractivity contribution in [2.24, 2.45) is 5.92 Å². The van der Waals surface area contributed by atoms with Crippen molar-refractivity contribution in [2.45, 2.75) is 37.6 Å². The molecule has 1 aromatic heterocycles. The molecule has 0 bridgehead atoms. The second-order valence-electron chi connectivity index (χ2n) is 6.32. The molecule has 0 amide bonds. The van der Waals surface area contributed by atoms with Crippen molar-refractivity contribution in [3.63, 3.8) is 0 Å². The predicted octanol–water partition coefficient (Wildman–Crippen LogP) is 1.93. The van der Waals surface area contributed by atoms with E-state index in [4.69, 9.17) is 5.11 Å². The molecular formula is C16H21N3O4S. The van der Waals surface area contributed by atoms with Crippen LogP contribution in [0.25, 0.3) is 11.0 Å². The molecule has 1 N–H and O–H groups in total. The summed E-state index contributed by atoms with van der Waals surface area (Å²) < 4.78 is 28.8. The third-order valence-corrected chi connectivity index (χ3v) is 6.43. The molecule has 0 radical (unpaired) electrons. The van der Waals surface area contributed by atoms with Gasteiger partial charge in [-0.05, 0) is 37.0 Å². The van der Waals surface area contributed by atoms with E-state index in [1.165, 1.54) is 4.31 Å². The molecule has 1 saturated heterocycles. The van der Waals surface area contributed by atoms with Gasteiger partial charge >= 0.3 is 5.97 Å². The molecule has 1 aromatic carbocycles. The summed E-state index contributed by atoms with van der Waals surface area (Å²) in [6, 6.07) is 4.85. The summed E-state index contributed by atoms with van der Waals surface area (Å²) in [6.45, 7) is 3.55. The Labute approximate surface area is 141 Å². The number of carboxylic acids is 1. The lowest BCUT2D eigenvalue weighted by atomic mass is 10.0. The van der Waals surface area contributed by atoms with Gasteiger partial charge in [-0.15, -0.1) is 0 Å². The minimum Gasteiger partial charge on any atom is -0.481 e. The number of imidazole rings is 1. The van der Waals surface area contributed by atoms with Gasteiger partial charge in [0.1, 0.15) is 0 Å².